The van der Waals surface area contributed by atoms with Crippen LogP contribution >= 0.6 is 0 Å². The predicted octanol–water partition coefficient (Wildman–Crippen LogP) is 1.33. The van der Waals surface area contributed by atoms with Gasteiger partial charge in [0.1, 0.15) is 5.82 Å². The van der Waals surface area contributed by atoms with Crippen molar-refractivity contribution in [2.75, 3.05) is 0 Å². The highest BCUT2D eigenvalue weighted by Gasteiger charge is 2.53. The number of aromatic nitrogens is 2. The van der Waals surface area contributed by atoms with Crippen molar-refractivity contribution in [3.8, 4) is 0 Å². The van der Waals surface area contributed by atoms with Crippen LogP contribution in [-0.2, 0) is 9.31 Å². The van der Waals surface area contributed by atoms with E-state index < -0.39 is 32.0 Å². The van der Waals surface area contributed by atoms with Gasteiger partial charge in [-0.15, -0.1) is 0 Å². The Balaban J connectivity index is 2.50. The van der Waals surface area contributed by atoms with Gasteiger partial charge in [0.05, 0.1) is 16.8 Å². The van der Waals surface area contributed by atoms with Crippen LogP contribution in [0.3, 0.4) is 0 Å². The zero-order valence-corrected chi connectivity index (χ0v) is 9.84. The quantitative estimate of drug-likeness (QED) is 0.737. The van der Waals surface area contributed by atoms with Gasteiger partial charge in [0.25, 0.3) is 0 Å². The van der Waals surface area contributed by atoms with E-state index in [-0.39, 0.29) is 17.1 Å². The molecular weight excluding hydrogens is 203 g/mol. The first-order valence-corrected chi connectivity index (χ1v) is 5.12. The van der Waals surface area contributed by atoms with Crippen molar-refractivity contribution in [3.05, 3.63) is 11.5 Å². The van der Waals surface area contributed by atoms with E-state index in [4.69, 9.17) is 17.5 Å². The molecule has 5 heteroatoms. The van der Waals surface area contributed by atoms with Gasteiger partial charge in [-0.2, -0.15) is 0 Å². The average molecular weight is 228 g/mol. The molecule has 0 spiro atoms. The van der Waals surface area contributed by atoms with Crippen molar-refractivity contribution in [1.82, 2.24) is 9.97 Å². The molecule has 0 radical (unpaired) electrons. The fraction of sp³-hybridized carbons (Fsp3) is 0.727. The largest absolute Gasteiger partial charge is 0.516 e. The van der Waals surface area contributed by atoms with Gasteiger partial charge in [-0.3, -0.25) is 0 Å². The number of hydrogen-bond donors (Lipinski definition) is 1. The van der Waals surface area contributed by atoms with E-state index in [1.807, 2.05) is 27.7 Å². The smallest absolute Gasteiger partial charge is 0.398 e. The van der Waals surface area contributed by atoms with Crippen LogP contribution in [0.1, 0.15) is 47.4 Å². The number of aromatic amines is 1. The summed E-state index contributed by atoms with van der Waals surface area (Å²) >= 11 is 0. The van der Waals surface area contributed by atoms with E-state index in [0.29, 0.717) is 0 Å². The Bertz CT molecular complexity index is 562. The Hall–Kier alpha value is -0.805. The van der Waals surface area contributed by atoms with E-state index in [1.54, 1.807) is 0 Å². The van der Waals surface area contributed by atoms with Crippen LogP contribution in [0, 0.1) is 13.7 Å². The minimum atomic E-state index is -2.55. The third-order valence-electron chi connectivity index (χ3n) is 3.21. The number of imidazole rings is 1. The summed E-state index contributed by atoms with van der Waals surface area (Å²) in [6.45, 7) is 2.19. The second-order valence-corrected chi connectivity index (χ2v) is 4.93. The van der Waals surface area contributed by atoms with Crippen LogP contribution < -0.4 is 5.59 Å². The fourth-order valence-electron chi connectivity index (χ4n) is 1.51. The molecule has 1 fully saturated rings. The molecule has 0 amide bonds. The number of nitrogens with one attached hydrogen (secondary N) is 1. The molecule has 16 heavy (non-hydrogen) atoms. The second-order valence-electron chi connectivity index (χ2n) is 4.93. The molecule has 1 aromatic rings. The SMILES string of the molecule is [2H]C([2H])([2H])c1nc(B2OC(C)(C)C(C)(C)O2)c(C([2H])([2H])[2H])[nH]1. The zero-order chi connectivity index (χ0) is 17.1. The first-order chi connectivity index (χ1) is 9.65. The maximum Gasteiger partial charge on any atom is 0.516 e. The number of rotatable bonds is 1. The maximum atomic E-state index is 7.56. The summed E-state index contributed by atoms with van der Waals surface area (Å²) in [5.74, 6) is -0.386. The van der Waals surface area contributed by atoms with Gasteiger partial charge in [-0.05, 0) is 41.4 Å². The lowest BCUT2D eigenvalue weighted by Gasteiger charge is -2.32. The lowest BCUT2D eigenvalue weighted by Crippen LogP contribution is -2.41. The van der Waals surface area contributed by atoms with Crippen LogP contribution in [0.4, 0.5) is 0 Å². The Morgan fingerprint density at radius 2 is 1.81 bits per heavy atom. The number of aryl methyl sites for hydroxylation is 2. The second kappa shape index (κ2) is 3.34. The Kier molecular flexibility index (Phi) is 1.30. The highest BCUT2D eigenvalue weighted by Crippen LogP contribution is 2.36. The van der Waals surface area contributed by atoms with Gasteiger partial charge in [0.15, 0.2) is 0 Å². The van der Waals surface area contributed by atoms with Crippen LogP contribution in [0.2, 0.25) is 0 Å². The van der Waals surface area contributed by atoms with Gasteiger partial charge < -0.3 is 14.3 Å². The molecule has 2 heterocycles. The highest BCUT2D eigenvalue weighted by atomic mass is 16.7. The van der Waals surface area contributed by atoms with Gasteiger partial charge in [-0.25, -0.2) is 4.98 Å². The van der Waals surface area contributed by atoms with Gasteiger partial charge in [0.2, 0.25) is 0 Å². The lowest BCUT2D eigenvalue weighted by molar-refractivity contribution is 0.00578. The first kappa shape index (κ1) is 6.22. The van der Waals surface area contributed by atoms with Crippen molar-refractivity contribution < 1.29 is 17.5 Å². The van der Waals surface area contributed by atoms with Gasteiger partial charge >= 0.3 is 7.12 Å². The minimum Gasteiger partial charge on any atom is -0.398 e. The molecule has 0 saturated carbocycles. The summed E-state index contributed by atoms with van der Waals surface area (Å²) in [4.78, 5) is 6.33. The van der Waals surface area contributed by atoms with Crippen molar-refractivity contribution in [2.24, 2.45) is 0 Å². The molecule has 1 aromatic heterocycles. The van der Waals surface area contributed by atoms with E-state index in [2.05, 4.69) is 9.97 Å². The Morgan fingerprint density at radius 3 is 2.31 bits per heavy atom. The lowest BCUT2D eigenvalue weighted by atomic mass is 9.83. The molecule has 2 rings (SSSR count). The molecule has 4 nitrogen and oxygen atoms in total. The third kappa shape index (κ3) is 1.68. The first-order valence-electron chi connectivity index (χ1n) is 8.12. The van der Waals surface area contributed by atoms with E-state index in [9.17, 15) is 0 Å². The molecule has 1 N–H and O–H groups in total. The van der Waals surface area contributed by atoms with Crippen LogP contribution in [0.15, 0.2) is 0 Å². The van der Waals surface area contributed by atoms with Crippen LogP contribution in [0.25, 0.3) is 0 Å². The van der Waals surface area contributed by atoms with Crippen LogP contribution in [-0.4, -0.2) is 28.3 Å². The third-order valence-corrected chi connectivity index (χ3v) is 3.21. The molecule has 0 unspecified atom stereocenters. The number of hydrogen-bond acceptors (Lipinski definition) is 3. The zero-order valence-electron chi connectivity index (χ0n) is 15.8. The standard InChI is InChI=1S/C11H19BN2O2/c1-7-9(14-8(2)13-7)12-15-10(3,4)11(5,6)16-12/h1-6H3,(H,13,14)/i1D3,2D3. The van der Waals surface area contributed by atoms with E-state index >= 15 is 0 Å². The molecule has 0 atom stereocenters. The molecular formula is C11H19BN2O2. The molecule has 1 aliphatic heterocycles. The summed E-state index contributed by atoms with van der Waals surface area (Å²) in [5.41, 5.74) is -1.66. The molecule has 0 bridgehead atoms. The van der Waals surface area contributed by atoms with Gasteiger partial charge in [0, 0.05) is 13.9 Å². The number of nitrogens with zero attached hydrogens (tertiary/aromatic N) is 1. The fourth-order valence-corrected chi connectivity index (χ4v) is 1.51. The maximum absolute atomic E-state index is 7.56. The number of H-pyrrole nitrogens is 1. The molecule has 0 aromatic carbocycles. The average Bonchev–Trinajstić information content (AvgIpc) is 2.77. The van der Waals surface area contributed by atoms with Crippen molar-refractivity contribution in [2.45, 2.75) is 52.6 Å². The van der Waals surface area contributed by atoms with Crippen molar-refractivity contribution in [3.63, 3.8) is 0 Å². The molecule has 0 aliphatic carbocycles. The summed E-state index contributed by atoms with van der Waals surface area (Å²) in [6, 6.07) is 0. The summed E-state index contributed by atoms with van der Waals surface area (Å²) in [6.07, 6.45) is 0. The molecule has 1 saturated heterocycles. The minimum absolute atomic E-state index is 0.0372. The van der Waals surface area contributed by atoms with E-state index in [0.717, 1.165) is 0 Å². The molecule has 1 aliphatic rings. The Labute approximate surface area is 105 Å². The van der Waals surface area contributed by atoms with Gasteiger partial charge in [-0.1, -0.05) is 0 Å². The highest BCUT2D eigenvalue weighted by molar-refractivity contribution is 6.61. The summed E-state index contributed by atoms with van der Waals surface area (Å²) in [5, 5.41) is 0. The molecule has 88 valence electrons. The van der Waals surface area contributed by atoms with Crippen molar-refractivity contribution >= 4 is 12.7 Å². The normalized spacial score (nSPS) is 29.9. The van der Waals surface area contributed by atoms with Crippen molar-refractivity contribution in [1.29, 1.82) is 0 Å². The van der Waals surface area contributed by atoms with E-state index in [1.165, 1.54) is 0 Å². The monoisotopic (exact) mass is 228 g/mol. The van der Waals surface area contributed by atoms with Crippen LogP contribution in [0.5, 0.6) is 0 Å². The predicted molar refractivity (Wildman–Crippen MR) is 63.8 cm³/mol. The summed E-state index contributed by atoms with van der Waals surface area (Å²) in [7, 11) is -1.03. The summed E-state index contributed by atoms with van der Waals surface area (Å²) < 4.78 is 56.4. The topological polar surface area (TPSA) is 47.1 Å². The Morgan fingerprint density at radius 1 is 1.19 bits per heavy atom.